The maximum atomic E-state index is 12.4. The first-order chi connectivity index (χ1) is 11.1. The van der Waals surface area contributed by atoms with Crippen LogP contribution < -0.4 is 4.90 Å². The summed E-state index contributed by atoms with van der Waals surface area (Å²) < 4.78 is 0. The summed E-state index contributed by atoms with van der Waals surface area (Å²) in [5.41, 5.74) is 1.61. The van der Waals surface area contributed by atoms with Gasteiger partial charge in [0.2, 0.25) is 5.95 Å². The lowest BCUT2D eigenvalue weighted by Crippen LogP contribution is -2.27. The third-order valence-electron chi connectivity index (χ3n) is 3.68. The molecule has 0 fully saturated rings. The van der Waals surface area contributed by atoms with Gasteiger partial charge in [-0.05, 0) is 12.0 Å². The SMILES string of the molecule is CCCCN(C)c1ncc(C(=O)N(C)Cc2ccccc2)cn1. The molecule has 0 aliphatic rings. The van der Waals surface area contributed by atoms with E-state index in [-0.39, 0.29) is 5.91 Å². The number of amides is 1. The number of nitrogens with zero attached hydrogens (tertiary/aromatic N) is 4. The maximum Gasteiger partial charge on any atom is 0.257 e. The summed E-state index contributed by atoms with van der Waals surface area (Å²) in [6.07, 6.45) is 5.44. The number of benzene rings is 1. The van der Waals surface area contributed by atoms with Crippen molar-refractivity contribution in [1.82, 2.24) is 14.9 Å². The first kappa shape index (κ1) is 16.9. The summed E-state index contributed by atoms with van der Waals surface area (Å²) in [6, 6.07) is 9.92. The van der Waals surface area contributed by atoms with Crippen LogP contribution in [0, 0.1) is 0 Å². The molecule has 2 rings (SSSR count). The van der Waals surface area contributed by atoms with Crippen LogP contribution in [-0.2, 0) is 6.54 Å². The Morgan fingerprint density at radius 2 is 1.74 bits per heavy atom. The molecule has 2 aromatic rings. The first-order valence-electron chi connectivity index (χ1n) is 7.94. The highest BCUT2D eigenvalue weighted by Crippen LogP contribution is 2.10. The minimum atomic E-state index is -0.0726. The number of hydrogen-bond donors (Lipinski definition) is 0. The predicted octanol–water partition coefficient (Wildman–Crippen LogP) is 2.99. The Balaban J connectivity index is 1.99. The number of carbonyl (C=O) groups excluding carboxylic acids is 1. The van der Waals surface area contributed by atoms with Crippen molar-refractivity contribution in [1.29, 1.82) is 0 Å². The molecule has 0 atom stereocenters. The van der Waals surface area contributed by atoms with Crippen molar-refractivity contribution in [3.63, 3.8) is 0 Å². The molecule has 5 nitrogen and oxygen atoms in total. The molecule has 23 heavy (non-hydrogen) atoms. The summed E-state index contributed by atoms with van der Waals surface area (Å²) in [7, 11) is 3.75. The third kappa shape index (κ3) is 4.77. The number of unbranched alkanes of at least 4 members (excludes halogenated alkanes) is 1. The minimum absolute atomic E-state index is 0.0726. The van der Waals surface area contributed by atoms with Crippen molar-refractivity contribution in [2.75, 3.05) is 25.5 Å². The van der Waals surface area contributed by atoms with Crippen LogP contribution >= 0.6 is 0 Å². The minimum Gasteiger partial charge on any atom is -0.344 e. The fraction of sp³-hybridized carbons (Fsp3) is 0.389. The van der Waals surface area contributed by atoms with Crippen molar-refractivity contribution >= 4 is 11.9 Å². The van der Waals surface area contributed by atoms with E-state index >= 15 is 0 Å². The van der Waals surface area contributed by atoms with Crippen molar-refractivity contribution in [2.24, 2.45) is 0 Å². The van der Waals surface area contributed by atoms with Gasteiger partial charge in [-0.1, -0.05) is 43.7 Å². The van der Waals surface area contributed by atoms with Crippen molar-refractivity contribution in [3.05, 3.63) is 53.9 Å². The standard InChI is InChI=1S/C18H24N4O/c1-4-5-11-21(2)18-19-12-16(13-20-18)17(23)22(3)14-15-9-7-6-8-10-15/h6-10,12-13H,4-5,11,14H2,1-3H3. The summed E-state index contributed by atoms with van der Waals surface area (Å²) >= 11 is 0. The van der Waals surface area contributed by atoms with E-state index in [1.165, 1.54) is 0 Å². The van der Waals surface area contributed by atoms with Crippen LogP contribution in [0.3, 0.4) is 0 Å². The fourth-order valence-corrected chi connectivity index (χ4v) is 2.27. The van der Waals surface area contributed by atoms with Gasteiger partial charge < -0.3 is 9.80 Å². The lowest BCUT2D eigenvalue weighted by molar-refractivity contribution is 0.0784. The number of hydrogen-bond acceptors (Lipinski definition) is 4. The van der Waals surface area contributed by atoms with E-state index in [9.17, 15) is 4.79 Å². The highest BCUT2D eigenvalue weighted by atomic mass is 16.2. The average Bonchev–Trinajstić information content (AvgIpc) is 2.60. The third-order valence-corrected chi connectivity index (χ3v) is 3.68. The van der Waals surface area contributed by atoms with E-state index in [2.05, 4.69) is 16.9 Å². The highest BCUT2D eigenvalue weighted by Gasteiger charge is 2.14. The van der Waals surface area contributed by atoms with Gasteiger partial charge in [-0.15, -0.1) is 0 Å². The molecule has 0 saturated carbocycles. The Labute approximate surface area is 138 Å². The van der Waals surface area contributed by atoms with Gasteiger partial charge in [-0.25, -0.2) is 9.97 Å². The van der Waals surface area contributed by atoms with Gasteiger partial charge >= 0.3 is 0 Å². The lowest BCUT2D eigenvalue weighted by Gasteiger charge is -2.18. The summed E-state index contributed by atoms with van der Waals surface area (Å²) in [5, 5.41) is 0. The van der Waals surface area contributed by atoms with Crippen LogP contribution in [0.2, 0.25) is 0 Å². The van der Waals surface area contributed by atoms with E-state index in [0.717, 1.165) is 24.9 Å². The van der Waals surface area contributed by atoms with E-state index in [1.807, 2.05) is 42.3 Å². The van der Waals surface area contributed by atoms with Crippen LogP contribution in [0.15, 0.2) is 42.7 Å². The topological polar surface area (TPSA) is 49.3 Å². The quantitative estimate of drug-likeness (QED) is 0.788. The molecule has 0 unspecified atom stereocenters. The Hall–Kier alpha value is -2.43. The number of anilines is 1. The zero-order chi connectivity index (χ0) is 16.7. The molecule has 0 spiro atoms. The summed E-state index contributed by atoms with van der Waals surface area (Å²) in [5.74, 6) is 0.581. The zero-order valence-corrected chi connectivity index (χ0v) is 14.1. The molecule has 5 heteroatoms. The van der Waals surface area contributed by atoms with Gasteiger partial charge in [0, 0.05) is 39.6 Å². The van der Waals surface area contributed by atoms with E-state index in [1.54, 1.807) is 24.3 Å². The normalized spacial score (nSPS) is 10.4. The molecule has 0 bridgehead atoms. The molecule has 1 aromatic carbocycles. The monoisotopic (exact) mass is 312 g/mol. The number of carbonyl (C=O) groups is 1. The zero-order valence-electron chi connectivity index (χ0n) is 14.1. The van der Waals surface area contributed by atoms with Crippen LogP contribution in [-0.4, -0.2) is 41.4 Å². The molecular formula is C18H24N4O. The molecule has 0 radical (unpaired) electrons. The van der Waals surface area contributed by atoms with Gasteiger partial charge in [-0.3, -0.25) is 4.79 Å². The number of aromatic nitrogens is 2. The van der Waals surface area contributed by atoms with Gasteiger partial charge in [0.1, 0.15) is 0 Å². The molecule has 1 heterocycles. The molecule has 0 aliphatic carbocycles. The first-order valence-corrected chi connectivity index (χ1v) is 7.94. The molecule has 0 N–H and O–H groups in total. The van der Waals surface area contributed by atoms with Gasteiger partial charge in [0.05, 0.1) is 5.56 Å². The number of rotatable bonds is 7. The van der Waals surface area contributed by atoms with Gasteiger partial charge in [-0.2, -0.15) is 0 Å². The van der Waals surface area contributed by atoms with E-state index in [4.69, 9.17) is 0 Å². The Bertz CT molecular complexity index is 613. The Morgan fingerprint density at radius 1 is 1.09 bits per heavy atom. The fourth-order valence-electron chi connectivity index (χ4n) is 2.27. The Morgan fingerprint density at radius 3 is 2.35 bits per heavy atom. The highest BCUT2D eigenvalue weighted by molar-refractivity contribution is 5.93. The van der Waals surface area contributed by atoms with Gasteiger partial charge in [0.25, 0.3) is 5.91 Å². The molecule has 0 aliphatic heterocycles. The van der Waals surface area contributed by atoms with Crippen molar-refractivity contribution in [2.45, 2.75) is 26.3 Å². The van der Waals surface area contributed by atoms with Crippen molar-refractivity contribution < 1.29 is 4.79 Å². The molecular weight excluding hydrogens is 288 g/mol. The Kier molecular flexibility index (Phi) is 6.09. The van der Waals surface area contributed by atoms with Gasteiger partial charge in [0.15, 0.2) is 0 Å². The van der Waals surface area contributed by atoms with Crippen LogP contribution in [0.5, 0.6) is 0 Å². The largest absolute Gasteiger partial charge is 0.344 e. The molecule has 1 amide bonds. The summed E-state index contributed by atoms with van der Waals surface area (Å²) in [4.78, 5) is 24.7. The van der Waals surface area contributed by atoms with Crippen molar-refractivity contribution in [3.8, 4) is 0 Å². The maximum absolute atomic E-state index is 12.4. The molecule has 1 aromatic heterocycles. The van der Waals surface area contributed by atoms with Crippen LogP contribution in [0.4, 0.5) is 5.95 Å². The predicted molar refractivity (Wildman–Crippen MR) is 92.4 cm³/mol. The second-order valence-corrected chi connectivity index (χ2v) is 5.69. The lowest BCUT2D eigenvalue weighted by atomic mass is 10.2. The summed E-state index contributed by atoms with van der Waals surface area (Å²) in [6.45, 7) is 3.63. The van der Waals surface area contributed by atoms with Crippen LogP contribution in [0.25, 0.3) is 0 Å². The van der Waals surface area contributed by atoms with E-state index < -0.39 is 0 Å². The molecule has 0 saturated heterocycles. The van der Waals surface area contributed by atoms with Crippen LogP contribution in [0.1, 0.15) is 35.7 Å². The second kappa shape index (κ2) is 8.27. The average molecular weight is 312 g/mol. The second-order valence-electron chi connectivity index (χ2n) is 5.69. The smallest absolute Gasteiger partial charge is 0.257 e. The van der Waals surface area contributed by atoms with E-state index in [0.29, 0.717) is 18.1 Å². The molecule has 122 valence electrons.